The molecule has 0 spiro atoms. The lowest BCUT2D eigenvalue weighted by molar-refractivity contribution is -0.125. The molecule has 4 heteroatoms. The SMILES string of the molecule is CCCCN1CCCCC1CNC(=O)C(C)C(N)c1ccccc1. The molecule has 1 aliphatic rings. The minimum absolute atomic E-state index is 0.0624. The second-order valence-corrected chi connectivity index (χ2v) is 7.01. The summed E-state index contributed by atoms with van der Waals surface area (Å²) in [5, 5.41) is 3.15. The van der Waals surface area contributed by atoms with Crippen molar-refractivity contribution in [1.82, 2.24) is 10.2 Å². The Balaban J connectivity index is 1.84. The van der Waals surface area contributed by atoms with E-state index in [1.807, 2.05) is 37.3 Å². The third-order valence-corrected chi connectivity index (χ3v) is 5.20. The van der Waals surface area contributed by atoms with Gasteiger partial charge in [-0.1, -0.05) is 57.0 Å². The average Bonchev–Trinajstić information content (AvgIpc) is 2.64. The number of likely N-dealkylation sites (tertiary alicyclic amines) is 1. The Labute approximate surface area is 146 Å². The second-order valence-electron chi connectivity index (χ2n) is 7.01. The highest BCUT2D eigenvalue weighted by molar-refractivity contribution is 5.79. The standard InChI is InChI=1S/C20H33N3O/c1-3-4-13-23-14-9-8-12-18(23)15-22-20(24)16(2)19(21)17-10-6-5-7-11-17/h5-7,10-11,16,18-19H,3-4,8-9,12-15,21H2,1-2H3,(H,22,24). The largest absolute Gasteiger partial charge is 0.354 e. The Morgan fingerprint density at radius 3 is 2.79 bits per heavy atom. The van der Waals surface area contributed by atoms with Crippen LogP contribution in [0.2, 0.25) is 0 Å². The number of nitrogens with zero attached hydrogens (tertiary/aromatic N) is 1. The number of carbonyl (C=O) groups is 1. The van der Waals surface area contributed by atoms with Gasteiger partial charge >= 0.3 is 0 Å². The number of nitrogens with one attached hydrogen (secondary N) is 1. The van der Waals surface area contributed by atoms with Crippen LogP contribution < -0.4 is 11.1 Å². The first-order chi connectivity index (χ1) is 11.6. The van der Waals surface area contributed by atoms with Crippen LogP contribution in [0.25, 0.3) is 0 Å². The van der Waals surface area contributed by atoms with E-state index >= 15 is 0 Å². The maximum Gasteiger partial charge on any atom is 0.224 e. The molecule has 0 radical (unpaired) electrons. The fourth-order valence-corrected chi connectivity index (χ4v) is 3.45. The molecule has 3 atom stereocenters. The van der Waals surface area contributed by atoms with Gasteiger partial charge in [-0.15, -0.1) is 0 Å². The maximum atomic E-state index is 12.5. The van der Waals surface area contributed by atoms with Crippen LogP contribution in [0, 0.1) is 5.92 Å². The van der Waals surface area contributed by atoms with Crippen molar-refractivity contribution in [1.29, 1.82) is 0 Å². The van der Waals surface area contributed by atoms with Gasteiger partial charge in [-0.05, 0) is 37.9 Å². The summed E-state index contributed by atoms with van der Waals surface area (Å²) in [5.41, 5.74) is 7.29. The zero-order valence-electron chi connectivity index (χ0n) is 15.2. The molecule has 0 bridgehead atoms. The van der Waals surface area contributed by atoms with Crippen molar-refractivity contribution in [3.8, 4) is 0 Å². The van der Waals surface area contributed by atoms with Gasteiger partial charge in [0.25, 0.3) is 0 Å². The molecule has 1 saturated heterocycles. The Hall–Kier alpha value is -1.39. The van der Waals surface area contributed by atoms with Gasteiger partial charge in [0.2, 0.25) is 5.91 Å². The van der Waals surface area contributed by atoms with Gasteiger partial charge in [-0.25, -0.2) is 0 Å². The van der Waals surface area contributed by atoms with Crippen LogP contribution in [0.15, 0.2) is 30.3 Å². The molecule has 0 aromatic heterocycles. The molecule has 1 heterocycles. The molecule has 1 amide bonds. The van der Waals surface area contributed by atoms with Gasteiger partial charge < -0.3 is 11.1 Å². The number of hydrogen-bond acceptors (Lipinski definition) is 3. The molecule has 0 saturated carbocycles. The summed E-state index contributed by atoms with van der Waals surface area (Å²) in [7, 11) is 0. The van der Waals surface area contributed by atoms with E-state index in [0.29, 0.717) is 6.04 Å². The summed E-state index contributed by atoms with van der Waals surface area (Å²) in [6.07, 6.45) is 6.19. The highest BCUT2D eigenvalue weighted by Gasteiger charge is 2.25. The van der Waals surface area contributed by atoms with E-state index in [-0.39, 0.29) is 17.9 Å². The fraction of sp³-hybridized carbons (Fsp3) is 0.650. The van der Waals surface area contributed by atoms with E-state index in [4.69, 9.17) is 5.73 Å². The summed E-state index contributed by atoms with van der Waals surface area (Å²) in [6.45, 7) is 7.21. The van der Waals surface area contributed by atoms with E-state index in [9.17, 15) is 4.79 Å². The molecule has 3 N–H and O–H groups in total. The zero-order valence-corrected chi connectivity index (χ0v) is 15.2. The normalized spacial score (nSPS) is 21.2. The van der Waals surface area contributed by atoms with Crippen LogP contribution in [0.1, 0.15) is 57.6 Å². The molecule has 0 aliphatic carbocycles. The van der Waals surface area contributed by atoms with Crippen LogP contribution >= 0.6 is 0 Å². The van der Waals surface area contributed by atoms with Gasteiger partial charge in [0.15, 0.2) is 0 Å². The summed E-state index contributed by atoms with van der Waals surface area (Å²) in [6, 6.07) is 10.1. The number of nitrogens with two attached hydrogens (primary N) is 1. The van der Waals surface area contributed by atoms with Crippen molar-refractivity contribution in [2.24, 2.45) is 11.7 Å². The van der Waals surface area contributed by atoms with Crippen molar-refractivity contribution in [3.63, 3.8) is 0 Å². The van der Waals surface area contributed by atoms with Crippen LogP contribution in [-0.2, 0) is 4.79 Å². The first kappa shape index (κ1) is 18.9. The van der Waals surface area contributed by atoms with Gasteiger partial charge in [-0.3, -0.25) is 9.69 Å². The Bertz CT molecular complexity index is 491. The molecular weight excluding hydrogens is 298 g/mol. The van der Waals surface area contributed by atoms with Crippen molar-refractivity contribution < 1.29 is 4.79 Å². The molecule has 24 heavy (non-hydrogen) atoms. The van der Waals surface area contributed by atoms with E-state index in [0.717, 1.165) is 18.7 Å². The summed E-state index contributed by atoms with van der Waals surface area (Å²) in [5.74, 6) is -0.160. The van der Waals surface area contributed by atoms with Crippen LogP contribution in [-0.4, -0.2) is 36.5 Å². The monoisotopic (exact) mass is 331 g/mol. The quantitative estimate of drug-likeness (QED) is 0.769. The zero-order chi connectivity index (χ0) is 17.4. The predicted octanol–water partition coefficient (Wildman–Crippen LogP) is 3.09. The number of piperidine rings is 1. The average molecular weight is 332 g/mol. The molecule has 1 fully saturated rings. The smallest absolute Gasteiger partial charge is 0.224 e. The van der Waals surface area contributed by atoms with Crippen molar-refractivity contribution in [2.75, 3.05) is 19.6 Å². The summed E-state index contributed by atoms with van der Waals surface area (Å²) in [4.78, 5) is 15.1. The third kappa shape index (κ3) is 5.32. The van der Waals surface area contributed by atoms with E-state index in [1.165, 1.54) is 38.6 Å². The summed E-state index contributed by atoms with van der Waals surface area (Å²) >= 11 is 0. The number of carbonyl (C=O) groups excluding carboxylic acids is 1. The number of benzene rings is 1. The van der Waals surface area contributed by atoms with E-state index < -0.39 is 0 Å². The number of hydrogen-bond donors (Lipinski definition) is 2. The lowest BCUT2D eigenvalue weighted by atomic mass is 9.94. The Kier molecular flexibility index (Phi) is 7.73. The van der Waals surface area contributed by atoms with Gasteiger partial charge in [0, 0.05) is 18.6 Å². The maximum absolute atomic E-state index is 12.5. The second kappa shape index (κ2) is 9.80. The van der Waals surface area contributed by atoms with E-state index in [2.05, 4.69) is 17.1 Å². The first-order valence-corrected chi connectivity index (χ1v) is 9.45. The molecule has 2 rings (SSSR count). The van der Waals surface area contributed by atoms with Crippen molar-refractivity contribution in [2.45, 2.75) is 58.0 Å². The number of rotatable bonds is 8. The molecule has 1 aliphatic heterocycles. The molecule has 3 unspecified atom stereocenters. The predicted molar refractivity (Wildman–Crippen MR) is 99.7 cm³/mol. The third-order valence-electron chi connectivity index (χ3n) is 5.20. The lowest BCUT2D eigenvalue weighted by Gasteiger charge is -2.36. The van der Waals surface area contributed by atoms with Crippen LogP contribution in [0.4, 0.5) is 0 Å². The Morgan fingerprint density at radius 2 is 2.08 bits per heavy atom. The van der Waals surface area contributed by atoms with Gasteiger partial charge in [0.1, 0.15) is 0 Å². The molecular formula is C20H33N3O. The first-order valence-electron chi connectivity index (χ1n) is 9.45. The number of unbranched alkanes of at least 4 members (excludes halogenated alkanes) is 1. The minimum atomic E-state index is -0.256. The highest BCUT2D eigenvalue weighted by atomic mass is 16.1. The van der Waals surface area contributed by atoms with Gasteiger partial charge in [0.05, 0.1) is 5.92 Å². The fourth-order valence-electron chi connectivity index (χ4n) is 3.45. The minimum Gasteiger partial charge on any atom is -0.354 e. The highest BCUT2D eigenvalue weighted by Crippen LogP contribution is 2.20. The Morgan fingerprint density at radius 1 is 1.33 bits per heavy atom. The number of amides is 1. The topological polar surface area (TPSA) is 58.4 Å². The van der Waals surface area contributed by atoms with Crippen molar-refractivity contribution in [3.05, 3.63) is 35.9 Å². The summed E-state index contributed by atoms with van der Waals surface area (Å²) < 4.78 is 0. The molecule has 1 aromatic rings. The van der Waals surface area contributed by atoms with Crippen molar-refractivity contribution >= 4 is 5.91 Å². The van der Waals surface area contributed by atoms with E-state index in [1.54, 1.807) is 0 Å². The van der Waals surface area contributed by atoms with Crippen LogP contribution in [0.3, 0.4) is 0 Å². The molecule has 1 aromatic carbocycles. The molecule has 134 valence electrons. The van der Waals surface area contributed by atoms with Crippen LogP contribution in [0.5, 0.6) is 0 Å². The molecule has 4 nitrogen and oxygen atoms in total. The lowest BCUT2D eigenvalue weighted by Crippen LogP contribution is -2.48. The van der Waals surface area contributed by atoms with Gasteiger partial charge in [-0.2, -0.15) is 0 Å².